The van der Waals surface area contributed by atoms with Gasteiger partial charge < -0.3 is 10.1 Å². The first-order chi connectivity index (χ1) is 11.4. The van der Waals surface area contributed by atoms with Crippen molar-refractivity contribution in [1.29, 1.82) is 0 Å². The van der Waals surface area contributed by atoms with E-state index in [4.69, 9.17) is 4.74 Å². The van der Waals surface area contributed by atoms with Crippen LogP contribution in [0.4, 0.5) is 5.95 Å². The highest BCUT2D eigenvalue weighted by molar-refractivity contribution is 5.42. The lowest BCUT2D eigenvalue weighted by Crippen LogP contribution is -2.28. The topological polar surface area (TPSA) is 64.9 Å². The lowest BCUT2D eigenvalue weighted by Gasteiger charge is -2.32. The first-order valence-electron chi connectivity index (χ1n) is 7.55. The van der Waals surface area contributed by atoms with Crippen LogP contribution < -0.4 is 10.1 Å². The molecule has 0 saturated carbocycles. The maximum absolute atomic E-state index is 5.54. The van der Waals surface area contributed by atoms with Gasteiger partial charge in [0.15, 0.2) is 0 Å². The van der Waals surface area contributed by atoms with E-state index >= 15 is 0 Å². The predicted molar refractivity (Wildman–Crippen MR) is 86.4 cm³/mol. The highest BCUT2D eigenvalue weighted by Crippen LogP contribution is 2.39. The summed E-state index contributed by atoms with van der Waals surface area (Å²) < 4.78 is 7.46. The van der Waals surface area contributed by atoms with Gasteiger partial charge in [0.05, 0.1) is 19.2 Å². The van der Waals surface area contributed by atoms with E-state index in [0.717, 1.165) is 29.2 Å². The fraction of sp³-hybridized carbons (Fsp3) is 0.235. The molecule has 0 radical (unpaired) electrons. The molecule has 1 aromatic carbocycles. The van der Waals surface area contributed by atoms with Crippen molar-refractivity contribution in [3.05, 3.63) is 66.2 Å². The Bertz CT molecular complexity index is 802. The van der Waals surface area contributed by atoms with Gasteiger partial charge in [-0.1, -0.05) is 24.3 Å². The molecule has 2 aromatic heterocycles. The third kappa shape index (κ3) is 2.42. The molecule has 0 spiro atoms. The van der Waals surface area contributed by atoms with Gasteiger partial charge in [-0.25, -0.2) is 4.68 Å². The summed E-state index contributed by atoms with van der Waals surface area (Å²) >= 11 is 0. The molecule has 3 aromatic rings. The molecular formula is C17H17N5O. The fourth-order valence-electron chi connectivity index (χ4n) is 3.12. The molecule has 2 atom stereocenters. The van der Waals surface area contributed by atoms with Gasteiger partial charge in [0.2, 0.25) is 5.95 Å². The average molecular weight is 307 g/mol. The molecule has 2 unspecified atom stereocenters. The Labute approximate surface area is 134 Å². The largest absolute Gasteiger partial charge is 0.496 e. The van der Waals surface area contributed by atoms with Crippen molar-refractivity contribution in [2.45, 2.75) is 18.5 Å². The number of pyridine rings is 1. The third-order valence-electron chi connectivity index (χ3n) is 4.22. The van der Waals surface area contributed by atoms with Crippen molar-refractivity contribution >= 4 is 5.95 Å². The molecule has 1 aliphatic heterocycles. The standard InChI is InChI=1S/C17H17N5O/c1-23-16-7-3-2-6-13(16)15-9-14(12-5-4-8-18-10-12)21-17-19-11-20-22(15)17/h2-8,10-11,14-15H,9H2,1H3,(H,19,20,21). The Kier molecular flexibility index (Phi) is 3.42. The van der Waals surface area contributed by atoms with Gasteiger partial charge in [-0.3, -0.25) is 4.98 Å². The van der Waals surface area contributed by atoms with Gasteiger partial charge >= 0.3 is 0 Å². The smallest absolute Gasteiger partial charge is 0.222 e. The van der Waals surface area contributed by atoms with Gasteiger partial charge in [-0.2, -0.15) is 10.1 Å². The molecule has 6 heteroatoms. The van der Waals surface area contributed by atoms with E-state index < -0.39 is 0 Å². The first-order valence-corrected chi connectivity index (χ1v) is 7.55. The van der Waals surface area contributed by atoms with Crippen molar-refractivity contribution in [2.24, 2.45) is 0 Å². The monoisotopic (exact) mass is 307 g/mol. The summed E-state index contributed by atoms with van der Waals surface area (Å²) in [5.74, 6) is 1.63. The predicted octanol–water partition coefficient (Wildman–Crippen LogP) is 2.83. The molecule has 23 heavy (non-hydrogen) atoms. The Morgan fingerprint density at radius 1 is 1.22 bits per heavy atom. The zero-order valence-electron chi connectivity index (χ0n) is 12.8. The van der Waals surface area contributed by atoms with Gasteiger partial charge in [0, 0.05) is 18.0 Å². The zero-order chi connectivity index (χ0) is 15.6. The van der Waals surface area contributed by atoms with Gasteiger partial charge in [0.25, 0.3) is 0 Å². The van der Waals surface area contributed by atoms with Crippen LogP contribution in [-0.4, -0.2) is 26.9 Å². The average Bonchev–Trinajstić information content (AvgIpc) is 3.10. The number of methoxy groups -OCH3 is 1. The molecule has 1 aliphatic rings. The number of rotatable bonds is 3. The highest BCUT2D eigenvalue weighted by Gasteiger charge is 2.31. The van der Waals surface area contributed by atoms with Crippen LogP contribution in [0.5, 0.6) is 5.75 Å². The minimum absolute atomic E-state index is 0.0649. The maximum atomic E-state index is 5.54. The van der Waals surface area contributed by atoms with Crippen molar-refractivity contribution in [2.75, 3.05) is 12.4 Å². The fourth-order valence-corrected chi connectivity index (χ4v) is 3.12. The van der Waals surface area contributed by atoms with E-state index in [1.165, 1.54) is 0 Å². The van der Waals surface area contributed by atoms with E-state index in [9.17, 15) is 0 Å². The molecule has 0 bridgehead atoms. The molecule has 0 amide bonds. The summed E-state index contributed by atoms with van der Waals surface area (Å²) in [4.78, 5) is 8.57. The second-order valence-corrected chi connectivity index (χ2v) is 5.50. The normalized spacial score (nSPS) is 19.7. The molecule has 1 N–H and O–H groups in total. The molecule has 4 rings (SSSR count). The van der Waals surface area contributed by atoms with E-state index in [1.807, 2.05) is 35.1 Å². The molecule has 116 valence electrons. The molecule has 6 nitrogen and oxygen atoms in total. The van der Waals surface area contributed by atoms with Crippen molar-refractivity contribution in [3.63, 3.8) is 0 Å². The Morgan fingerprint density at radius 3 is 2.96 bits per heavy atom. The highest BCUT2D eigenvalue weighted by atomic mass is 16.5. The molecule has 0 fully saturated rings. The summed E-state index contributed by atoms with van der Waals surface area (Å²) in [7, 11) is 1.70. The summed E-state index contributed by atoms with van der Waals surface area (Å²) in [6, 6.07) is 12.3. The number of benzene rings is 1. The Hall–Kier alpha value is -2.89. The van der Waals surface area contributed by atoms with Crippen LogP contribution in [-0.2, 0) is 0 Å². The first kappa shape index (κ1) is 13.8. The number of ether oxygens (including phenoxy) is 1. The number of aromatic nitrogens is 4. The summed E-state index contributed by atoms with van der Waals surface area (Å²) in [5.41, 5.74) is 2.25. The Morgan fingerprint density at radius 2 is 2.13 bits per heavy atom. The van der Waals surface area contributed by atoms with Crippen molar-refractivity contribution in [3.8, 4) is 5.75 Å². The molecular weight excluding hydrogens is 290 g/mol. The summed E-state index contributed by atoms with van der Waals surface area (Å²) in [6.45, 7) is 0. The zero-order valence-corrected chi connectivity index (χ0v) is 12.8. The number of fused-ring (bicyclic) bond motifs is 1. The molecule has 0 saturated heterocycles. The van der Waals surface area contributed by atoms with Crippen LogP contribution >= 0.6 is 0 Å². The number of nitrogens with one attached hydrogen (secondary N) is 1. The number of hydrogen-bond donors (Lipinski definition) is 1. The van der Waals surface area contributed by atoms with Crippen LogP contribution in [0.25, 0.3) is 0 Å². The number of hydrogen-bond acceptors (Lipinski definition) is 5. The van der Waals surface area contributed by atoms with Gasteiger partial charge in [0.1, 0.15) is 12.1 Å². The van der Waals surface area contributed by atoms with Crippen LogP contribution in [0, 0.1) is 0 Å². The Balaban J connectivity index is 1.77. The lowest BCUT2D eigenvalue weighted by atomic mass is 9.93. The quantitative estimate of drug-likeness (QED) is 0.806. The second-order valence-electron chi connectivity index (χ2n) is 5.50. The van der Waals surface area contributed by atoms with E-state index in [2.05, 4.69) is 32.5 Å². The number of anilines is 1. The van der Waals surface area contributed by atoms with E-state index in [0.29, 0.717) is 0 Å². The van der Waals surface area contributed by atoms with E-state index in [1.54, 1.807) is 19.6 Å². The minimum atomic E-state index is 0.0649. The third-order valence-corrected chi connectivity index (χ3v) is 4.22. The number of para-hydroxylation sites is 1. The molecule has 3 heterocycles. The van der Waals surface area contributed by atoms with Crippen LogP contribution in [0.1, 0.15) is 29.6 Å². The van der Waals surface area contributed by atoms with Crippen LogP contribution in [0.2, 0.25) is 0 Å². The second kappa shape index (κ2) is 5.72. The van der Waals surface area contributed by atoms with Gasteiger partial charge in [-0.15, -0.1) is 0 Å². The van der Waals surface area contributed by atoms with Crippen LogP contribution in [0.15, 0.2) is 55.1 Å². The summed E-state index contributed by atoms with van der Waals surface area (Å²) in [6.07, 6.45) is 6.11. The van der Waals surface area contributed by atoms with E-state index in [-0.39, 0.29) is 12.1 Å². The minimum Gasteiger partial charge on any atom is -0.496 e. The number of nitrogens with zero attached hydrogens (tertiary/aromatic N) is 4. The van der Waals surface area contributed by atoms with Gasteiger partial charge in [-0.05, 0) is 24.1 Å². The maximum Gasteiger partial charge on any atom is 0.222 e. The lowest BCUT2D eigenvalue weighted by molar-refractivity contribution is 0.380. The van der Waals surface area contributed by atoms with Crippen molar-refractivity contribution < 1.29 is 4.74 Å². The summed E-state index contributed by atoms with van der Waals surface area (Å²) in [5, 5.41) is 7.83. The SMILES string of the molecule is COc1ccccc1C1CC(c2cccnc2)Nc2ncnn21. The van der Waals surface area contributed by atoms with Crippen LogP contribution in [0.3, 0.4) is 0 Å². The molecule has 0 aliphatic carbocycles. The van der Waals surface area contributed by atoms with Crippen molar-refractivity contribution in [1.82, 2.24) is 19.7 Å².